The van der Waals surface area contributed by atoms with Gasteiger partial charge in [-0.15, -0.1) is 0 Å². The molecule has 4 heteroatoms. The molecule has 3 unspecified atom stereocenters. The molecule has 19 heavy (non-hydrogen) atoms. The summed E-state index contributed by atoms with van der Waals surface area (Å²) in [5.74, 6) is 1.02. The van der Waals surface area contributed by atoms with Crippen LogP contribution in [0.3, 0.4) is 0 Å². The van der Waals surface area contributed by atoms with Crippen molar-refractivity contribution in [3.05, 3.63) is 35.9 Å². The van der Waals surface area contributed by atoms with E-state index in [1.54, 1.807) is 18.2 Å². The van der Waals surface area contributed by atoms with Gasteiger partial charge in [0.25, 0.3) is 0 Å². The minimum atomic E-state index is -4.24. The Morgan fingerprint density at radius 3 is 2.42 bits per heavy atom. The molecule has 0 radical (unpaired) electrons. The van der Waals surface area contributed by atoms with Crippen molar-refractivity contribution in [2.24, 2.45) is 11.8 Å². The molecular weight excluding hydrogens is 251 g/mol. The molecule has 0 bridgehead atoms. The fourth-order valence-electron chi connectivity index (χ4n) is 2.86. The quantitative estimate of drug-likeness (QED) is 0.860. The Bertz CT molecular complexity index is 388. The van der Waals surface area contributed by atoms with Gasteiger partial charge in [0.05, 0.1) is 0 Å². The van der Waals surface area contributed by atoms with Gasteiger partial charge in [-0.2, -0.15) is 13.2 Å². The van der Waals surface area contributed by atoms with Crippen LogP contribution in [0.4, 0.5) is 13.2 Å². The van der Waals surface area contributed by atoms with Gasteiger partial charge in [0.1, 0.15) is 6.04 Å². The molecule has 1 aromatic carbocycles. The van der Waals surface area contributed by atoms with Crippen LogP contribution in [0.15, 0.2) is 30.3 Å². The summed E-state index contributed by atoms with van der Waals surface area (Å²) in [5.41, 5.74) is 0.293. The van der Waals surface area contributed by atoms with Crippen molar-refractivity contribution in [2.75, 3.05) is 6.54 Å². The van der Waals surface area contributed by atoms with Crippen molar-refractivity contribution in [2.45, 2.75) is 38.4 Å². The molecule has 1 N–H and O–H groups in total. The Balaban J connectivity index is 1.99. The zero-order valence-corrected chi connectivity index (χ0v) is 11.1. The van der Waals surface area contributed by atoms with E-state index < -0.39 is 12.2 Å². The minimum absolute atomic E-state index is 0.293. The highest BCUT2D eigenvalue weighted by Gasteiger charge is 2.40. The second-order valence-corrected chi connectivity index (χ2v) is 5.58. The Hall–Kier alpha value is -1.03. The van der Waals surface area contributed by atoms with Crippen molar-refractivity contribution in [3.8, 4) is 0 Å². The average Bonchev–Trinajstić information content (AvgIpc) is 2.75. The standard InChI is InChI=1S/C15H20F3N/c1-11-7-8-12(9-11)10-19-14(15(16,17)18)13-5-3-2-4-6-13/h2-6,11-12,14,19H,7-10H2,1H3. The lowest BCUT2D eigenvalue weighted by atomic mass is 10.0. The second-order valence-electron chi connectivity index (χ2n) is 5.58. The normalized spacial score (nSPS) is 25.5. The zero-order valence-electron chi connectivity index (χ0n) is 11.1. The van der Waals surface area contributed by atoms with Crippen molar-refractivity contribution in [1.82, 2.24) is 5.32 Å². The lowest BCUT2D eigenvalue weighted by molar-refractivity contribution is -0.158. The first-order valence-electron chi connectivity index (χ1n) is 6.82. The first-order chi connectivity index (χ1) is 8.97. The number of hydrogen-bond donors (Lipinski definition) is 1. The smallest absolute Gasteiger partial charge is 0.302 e. The molecule has 0 amide bonds. The van der Waals surface area contributed by atoms with Crippen LogP contribution in [0.5, 0.6) is 0 Å². The minimum Gasteiger partial charge on any atom is -0.302 e. The maximum Gasteiger partial charge on any atom is 0.407 e. The van der Waals surface area contributed by atoms with Crippen LogP contribution in [0.25, 0.3) is 0 Å². The Kier molecular flexibility index (Phi) is 4.50. The fraction of sp³-hybridized carbons (Fsp3) is 0.600. The van der Waals surface area contributed by atoms with E-state index in [9.17, 15) is 13.2 Å². The molecule has 0 aromatic heterocycles. The van der Waals surface area contributed by atoms with Gasteiger partial charge < -0.3 is 5.32 Å². The van der Waals surface area contributed by atoms with Crippen LogP contribution in [-0.2, 0) is 0 Å². The molecular formula is C15H20F3N. The summed E-state index contributed by atoms with van der Waals surface area (Å²) in [5, 5.41) is 2.71. The summed E-state index contributed by atoms with van der Waals surface area (Å²) in [4.78, 5) is 0. The summed E-state index contributed by atoms with van der Waals surface area (Å²) in [7, 11) is 0. The molecule has 1 aliphatic carbocycles. The van der Waals surface area contributed by atoms with Crippen LogP contribution in [-0.4, -0.2) is 12.7 Å². The van der Waals surface area contributed by atoms with Crippen LogP contribution in [0, 0.1) is 11.8 Å². The zero-order chi connectivity index (χ0) is 13.9. The van der Waals surface area contributed by atoms with Crippen molar-refractivity contribution in [3.63, 3.8) is 0 Å². The van der Waals surface area contributed by atoms with Crippen LogP contribution >= 0.6 is 0 Å². The van der Waals surface area contributed by atoms with Crippen LogP contribution in [0.1, 0.15) is 37.8 Å². The fourth-order valence-corrected chi connectivity index (χ4v) is 2.86. The Labute approximate surface area is 112 Å². The third kappa shape index (κ3) is 3.96. The van der Waals surface area contributed by atoms with Crippen molar-refractivity contribution in [1.29, 1.82) is 0 Å². The second kappa shape index (κ2) is 5.95. The number of alkyl halides is 3. The van der Waals surface area contributed by atoms with E-state index in [1.807, 2.05) is 0 Å². The summed E-state index contributed by atoms with van der Waals surface area (Å²) < 4.78 is 39.3. The third-order valence-corrected chi connectivity index (χ3v) is 3.87. The van der Waals surface area contributed by atoms with Crippen LogP contribution < -0.4 is 5.32 Å². The van der Waals surface area contributed by atoms with Gasteiger partial charge >= 0.3 is 6.18 Å². The number of nitrogens with one attached hydrogen (secondary N) is 1. The predicted molar refractivity (Wildman–Crippen MR) is 69.7 cm³/mol. The number of rotatable bonds is 4. The van der Waals surface area contributed by atoms with Crippen molar-refractivity contribution >= 4 is 0 Å². The number of hydrogen-bond acceptors (Lipinski definition) is 1. The lowest BCUT2D eigenvalue weighted by Gasteiger charge is -2.24. The van der Waals surface area contributed by atoms with E-state index in [1.165, 1.54) is 12.1 Å². The largest absolute Gasteiger partial charge is 0.407 e. The molecule has 1 aromatic rings. The summed E-state index contributed by atoms with van der Waals surface area (Å²) in [6.07, 6.45) is -1.04. The molecule has 106 valence electrons. The Morgan fingerprint density at radius 1 is 1.21 bits per heavy atom. The molecule has 0 saturated heterocycles. The predicted octanol–water partition coefficient (Wildman–Crippen LogP) is 4.32. The summed E-state index contributed by atoms with van der Waals surface area (Å²) >= 11 is 0. The van der Waals surface area contributed by atoms with Gasteiger partial charge in [0.15, 0.2) is 0 Å². The topological polar surface area (TPSA) is 12.0 Å². The van der Waals surface area contributed by atoms with Gasteiger partial charge in [-0.1, -0.05) is 43.7 Å². The van der Waals surface area contributed by atoms with E-state index >= 15 is 0 Å². The Morgan fingerprint density at radius 2 is 1.89 bits per heavy atom. The SMILES string of the molecule is CC1CCC(CNC(c2ccccc2)C(F)(F)F)C1. The lowest BCUT2D eigenvalue weighted by Crippen LogP contribution is -2.36. The van der Waals surface area contributed by atoms with Gasteiger partial charge in [0.2, 0.25) is 0 Å². The molecule has 2 rings (SSSR count). The van der Waals surface area contributed by atoms with E-state index in [2.05, 4.69) is 12.2 Å². The van der Waals surface area contributed by atoms with Gasteiger partial charge in [-0.05, 0) is 36.8 Å². The van der Waals surface area contributed by atoms with Crippen molar-refractivity contribution < 1.29 is 13.2 Å². The van der Waals surface area contributed by atoms with Gasteiger partial charge in [-0.3, -0.25) is 0 Å². The molecule has 3 atom stereocenters. The number of benzene rings is 1. The number of halogens is 3. The van der Waals surface area contributed by atoms with Crippen LogP contribution in [0.2, 0.25) is 0 Å². The highest BCUT2D eigenvalue weighted by Crippen LogP contribution is 2.34. The third-order valence-electron chi connectivity index (χ3n) is 3.87. The monoisotopic (exact) mass is 271 g/mol. The summed E-state index contributed by atoms with van der Waals surface area (Å²) in [6, 6.07) is 6.53. The molecule has 0 aliphatic heterocycles. The van der Waals surface area contributed by atoms with E-state index in [4.69, 9.17) is 0 Å². The molecule has 0 heterocycles. The maximum absolute atomic E-state index is 13.1. The molecule has 1 nitrogen and oxygen atoms in total. The van der Waals surface area contributed by atoms with E-state index in [-0.39, 0.29) is 0 Å². The molecule has 0 spiro atoms. The average molecular weight is 271 g/mol. The molecule has 1 saturated carbocycles. The highest BCUT2D eigenvalue weighted by molar-refractivity contribution is 5.20. The molecule has 1 aliphatic rings. The van der Waals surface area contributed by atoms with Gasteiger partial charge in [0, 0.05) is 0 Å². The van der Waals surface area contributed by atoms with E-state index in [0.29, 0.717) is 23.9 Å². The molecule has 1 fully saturated rings. The van der Waals surface area contributed by atoms with E-state index in [0.717, 1.165) is 19.3 Å². The maximum atomic E-state index is 13.1. The summed E-state index contributed by atoms with van der Waals surface area (Å²) in [6.45, 7) is 2.61. The van der Waals surface area contributed by atoms with Gasteiger partial charge in [-0.25, -0.2) is 0 Å². The first-order valence-corrected chi connectivity index (χ1v) is 6.82. The highest BCUT2D eigenvalue weighted by atomic mass is 19.4. The first kappa shape index (κ1) is 14.4.